The first-order valence-corrected chi connectivity index (χ1v) is 8.16. The summed E-state index contributed by atoms with van der Waals surface area (Å²) in [4.78, 5) is 2.73. The van der Waals surface area contributed by atoms with Crippen molar-refractivity contribution >= 4 is 0 Å². The van der Waals surface area contributed by atoms with Gasteiger partial charge in [-0.05, 0) is 45.6 Å². The van der Waals surface area contributed by atoms with E-state index in [-0.39, 0.29) is 5.54 Å². The summed E-state index contributed by atoms with van der Waals surface area (Å²) in [5, 5.41) is 3.73. The third-order valence-electron chi connectivity index (χ3n) is 5.08. The lowest BCUT2D eigenvalue weighted by Gasteiger charge is -2.51. The third kappa shape index (κ3) is 3.50. The van der Waals surface area contributed by atoms with Gasteiger partial charge in [0.1, 0.15) is 0 Å². The first kappa shape index (κ1) is 15.3. The molecule has 1 N–H and O–H groups in total. The van der Waals surface area contributed by atoms with E-state index in [1.165, 1.54) is 25.7 Å². The summed E-state index contributed by atoms with van der Waals surface area (Å²) in [6.07, 6.45) is 5.43. The molecule has 2 aliphatic rings. The van der Waals surface area contributed by atoms with Crippen molar-refractivity contribution in [3.05, 3.63) is 0 Å². The van der Waals surface area contributed by atoms with E-state index in [4.69, 9.17) is 4.74 Å². The van der Waals surface area contributed by atoms with Gasteiger partial charge in [-0.25, -0.2) is 0 Å². The summed E-state index contributed by atoms with van der Waals surface area (Å²) < 4.78 is 5.69. The normalized spacial score (nSPS) is 36.3. The lowest BCUT2D eigenvalue weighted by atomic mass is 9.78. The predicted molar refractivity (Wildman–Crippen MR) is 80.5 cm³/mol. The zero-order chi connectivity index (χ0) is 13.9. The summed E-state index contributed by atoms with van der Waals surface area (Å²) in [7, 11) is 0. The molecule has 0 aromatic carbocycles. The molecule has 0 radical (unpaired) electrons. The van der Waals surface area contributed by atoms with Crippen molar-refractivity contribution in [2.24, 2.45) is 5.92 Å². The summed E-state index contributed by atoms with van der Waals surface area (Å²) >= 11 is 0. The van der Waals surface area contributed by atoms with Crippen molar-refractivity contribution in [1.82, 2.24) is 10.2 Å². The molecule has 1 saturated heterocycles. The number of nitrogens with one attached hydrogen (secondary N) is 1. The molecule has 3 nitrogen and oxygen atoms in total. The Morgan fingerprint density at radius 2 is 2.05 bits per heavy atom. The Kier molecular flexibility index (Phi) is 5.27. The largest absolute Gasteiger partial charge is 0.378 e. The van der Waals surface area contributed by atoms with Crippen LogP contribution >= 0.6 is 0 Å². The van der Waals surface area contributed by atoms with Crippen LogP contribution in [0.4, 0.5) is 0 Å². The van der Waals surface area contributed by atoms with Gasteiger partial charge in [0.05, 0.1) is 13.2 Å². The number of hydrogen-bond acceptors (Lipinski definition) is 3. The van der Waals surface area contributed by atoms with Crippen molar-refractivity contribution in [2.45, 2.75) is 71.0 Å². The van der Waals surface area contributed by atoms with Gasteiger partial charge in [0, 0.05) is 24.2 Å². The van der Waals surface area contributed by atoms with Gasteiger partial charge in [0.25, 0.3) is 0 Å². The Morgan fingerprint density at radius 3 is 2.68 bits per heavy atom. The monoisotopic (exact) mass is 268 g/mol. The lowest BCUT2D eigenvalue weighted by molar-refractivity contribution is -0.0883. The van der Waals surface area contributed by atoms with Gasteiger partial charge in [0.15, 0.2) is 0 Å². The highest BCUT2D eigenvalue weighted by Gasteiger charge is 2.41. The number of morpholine rings is 1. The van der Waals surface area contributed by atoms with Crippen molar-refractivity contribution in [2.75, 3.05) is 26.3 Å². The second-order valence-electron chi connectivity index (χ2n) is 6.88. The maximum atomic E-state index is 5.69. The van der Waals surface area contributed by atoms with Crippen LogP contribution in [0.3, 0.4) is 0 Å². The molecule has 3 unspecified atom stereocenters. The predicted octanol–water partition coefficient (Wildman–Crippen LogP) is 2.65. The van der Waals surface area contributed by atoms with Crippen LogP contribution in [-0.4, -0.2) is 48.8 Å². The van der Waals surface area contributed by atoms with Crippen LogP contribution in [0, 0.1) is 5.92 Å². The number of rotatable bonds is 4. The zero-order valence-corrected chi connectivity index (χ0v) is 13.2. The zero-order valence-electron chi connectivity index (χ0n) is 13.2. The summed E-state index contributed by atoms with van der Waals surface area (Å²) in [5.74, 6) is 0.915. The minimum absolute atomic E-state index is 0.187. The van der Waals surface area contributed by atoms with E-state index >= 15 is 0 Å². The first-order valence-electron chi connectivity index (χ1n) is 8.16. The highest BCUT2D eigenvalue weighted by Crippen LogP contribution is 2.34. The van der Waals surface area contributed by atoms with Crippen LogP contribution in [0.25, 0.3) is 0 Å². The molecule has 19 heavy (non-hydrogen) atoms. The fourth-order valence-electron chi connectivity index (χ4n) is 3.93. The molecule has 3 heteroatoms. The average molecular weight is 268 g/mol. The molecule has 0 spiro atoms. The summed E-state index contributed by atoms with van der Waals surface area (Å²) in [6, 6.07) is 1.36. The number of ether oxygens (including phenoxy) is 1. The first-order chi connectivity index (χ1) is 9.08. The minimum Gasteiger partial charge on any atom is -0.378 e. The van der Waals surface area contributed by atoms with Crippen LogP contribution < -0.4 is 5.32 Å². The Balaban J connectivity index is 2.11. The molecule has 112 valence electrons. The quantitative estimate of drug-likeness (QED) is 0.848. The number of hydrogen-bond donors (Lipinski definition) is 1. The van der Waals surface area contributed by atoms with Crippen molar-refractivity contribution in [1.29, 1.82) is 0 Å². The molecule has 3 atom stereocenters. The molecule has 1 aliphatic carbocycles. The average Bonchev–Trinajstić information content (AvgIpc) is 2.39. The van der Waals surface area contributed by atoms with E-state index in [0.717, 1.165) is 32.2 Å². The van der Waals surface area contributed by atoms with Gasteiger partial charge in [-0.1, -0.05) is 20.3 Å². The molecule has 0 aromatic heterocycles. The molecule has 0 bridgehead atoms. The van der Waals surface area contributed by atoms with E-state index in [0.29, 0.717) is 12.1 Å². The van der Waals surface area contributed by atoms with Crippen molar-refractivity contribution in [3.63, 3.8) is 0 Å². The molecular weight excluding hydrogens is 236 g/mol. The molecule has 1 heterocycles. The van der Waals surface area contributed by atoms with E-state index < -0.39 is 0 Å². The smallest absolute Gasteiger partial charge is 0.0645 e. The minimum atomic E-state index is 0.187. The lowest BCUT2D eigenvalue weighted by Crippen LogP contribution is -2.63. The highest BCUT2D eigenvalue weighted by molar-refractivity contribution is 4.97. The Bertz CT molecular complexity index is 280. The summed E-state index contributed by atoms with van der Waals surface area (Å²) in [6.45, 7) is 13.2. The molecule has 0 amide bonds. The van der Waals surface area contributed by atoms with E-state index in [2.05, 4.69) is 37.9 Å². The van der Waals surface area contributed by atoms with Gasteiger partial charge >= 0.3 is 0 Å². The van der Waals surface area contributed by atoms with Crippen LogP contribution in [0.2, 0.25) is 0 Å². The van der Waals surface area contributed by atoms with Crippen molar-refractivity contribution < 1.29 is 4.74 Å². The fraction of sp³-hybridized carbons (Fsp3) is 1.00. The fourth-order valence-corrected chi connectivity index (χ4v) is 3.93. The second-order valence-corrected chi connectivity index (χ2v) is 6.88. The number of nitrogens with zero attached hydrogens (tertiary/aromatic N) is 1. The number of likely N-dealkylation sites (N-methyl/N-ethyl adjacent to an activating group) is 1. The Hall–Kier alpha value is -0.120. The van der Waals surface area contributed by atoms with Crippen LogP contribution in [0.15, 0.2) is 0 Å². The Labute approximate surface area is 119 Å². The molecule has 1 saturated carbocycles. The Morgan fingerprint density at radius 1 is 1.26 bits per heavy atom. The maximum Gasteiger partial charge on any atom is 0.0645 e. The summed E-state index contributed by atoms with van der Waals surface area (Å²) in [5.41, 5.74) is 0.187. The molecule has 2 rings (SSSR count). The van der Waals surface area contributed by atoms with Crippen LogP contribution in [-0.2, 0) is 4.74 Å². The second kappa shape index (κ2) is 6.55. The molecule has 0 aromatic rings. The van der Waals surface area contributed by atoms with E-state index in [9.17, 15) is 0 Å². The topological polar surface area (TPSA) is 24.5 Å². The van der Waals surface area contributed by atoms with Gasteiger partial charge < -0.3 is 10.1 Å². The SMILES string of the molecule is CCNC1CCC(CC)CC1N1CCOCC1(C)C. The van der Waals surface area contributed by atoms with Gasteiger partial charge in [-0.3, -0.25) is 4.90 Å². The van der Waals surface area contributed by atoms with E-state index in [1.807, 2.05) is 0 Å². The van der Waals surface area contributed by atoms with Gasteiger partial charge in [-0.2, -0.15) is 0 Å². The van der Waals surface area contributed by atoms with Crippen LogP contribution in [0.1, 0.15) is 53.4 Å². The maximum absolute atomic E-state index is 5.69. The molecule has 1 aliphatic heterocycles. The van der Waals surface area contributed by atoms with Gasteiger partial charge in [-0.15, -0.1) is 0 Å². The third-order valence-corrected chi connectivity index (χ3v) is 5.08. The van der Waals surface area contributed by atoms with Crippen LogP contribution in [0.5, 0.6) is 0 Å². The molecular formula is C16H32N2O. The highest BCUT2D eigenvalue weighted by atomic mass is 16.5. The van der Waals surface area contributed by atoms with Crippen molar-refractivity contribution in [3.8, 4) is 0 Å². The standard InChI is InChI=1S/C16H32N2O/c1-5-13-7-8-14(17-6-2)15(11-13)18-9-10-19-12-16(18,3)4/h13-15,17H,5-12H2,1-4H3. The van der Waals surface area contributed by atoms with E-state index in [1.54, 1.807) is 0 Å². The molecule has 2 fully saturated rings. The van der Waals surface area contributed by atoms with Gasteiger partial charge in [0.2, 0.25) is 0 Å².